The Kier molecular flexibility index (Phi) is 8.76. The summed E-state index contributed by atoms with van der Waals surface area (Å²) in [5.74, 6) is -1.00. The maximum absolute atomic E-state index is 13.3. The van der Waals surface area contributed by atoms with Gasteiger partial charge >= 0.3 is 0 Å². The van der Waals surface area contributed by atoms with Gasteiger partial charge in [0, 0.05) is 24.9 Å². The van der Waals surface area contributed by atoms with Gasteiger partial charge < -0.3 is 15.5 Å². The number of aliphatic hydroxyl groups is 2. The summed E-state index contributed by atoms with van der Waals surface area (Å²) in [7, 11) is -3.78. The number of rotatable bonds is 11. The second-order valence-electron chi connectivity index (χ2n) is 9.76. The van der Waals surface area contributed by atoms with E-state index >= 15 is 0 Å². The summed E-state index contributed by atoms with van der Waals surface area (Å²) in [6, 6.07) is 23.8. The summed E-state index contributed by atoms with van der Waals surface area (Å²) in [6.07, 6.45) is -0.576. The molecular formula is C29H34N2O5S. The number of fused-ring (bicyclic) bond motifs is 1. The summed E-state index contributed by atoms with van der Waals surface area (Å²) < 4.78 is 27.7. The van der Waals surface area contributed by atoms with Crippen molar-refractivity contribution in [3.63, 3.8) is 0 Å². The quantitative estimate of drug-likeness (QED) is 0.309. The fourth-order valence-electron chi connectivity index (χ4n) is 4.86. The van der Waals surface area contributed by atoms with Crippen LogP contribution in [-0.2, 0) is 27.7 Å². The number of carbonyl (C=O) groups is 1. The lowest BCUT2D eigenvalue weighted by Gasteiger charge is -2.23. The molecule has 7 nitrogen and oxygen atoms in total. The summed E-state index contributed by atoms with van der Waals surface area (Å²) in [6.45, 7) is 1.96. The van der Waals surface area contributed by atoms with Crippen molar-refractivity contribution in [1.29, 1.82) is 0 Å². The molecule has 0 saturated heterocycles. The molecule has 1 amide bonds. The minimum Gasteiger partial charge on any atom is -0.392 e. The van der Waals surface area contributed by atoms with E-state index in [4.69, 9.17) is 0 Å². The topological polar surface area (TPSA) is 116 Å². The molecule has 0 heterocycles. The highest BCUT2D eigenvalue weighted by atomic mass is 32.2. The lowest BCUT2D eigenvalue weighted by molar-refractivity contribution is -0.126. The molecule has 4 rings (SSSR count). The van der Waals surface area contributed by atoms with Gasteiger partial charge in [-0.3, -0.25) is 4.79 Å². The molecule has 0 fully saturated rings. The van der Waals surface area contributed by atoms with E-state index in [1.807, 2.05) is 61.5 Å². The minimum absolute atomic E-state index is 0.0843. The van der Waals surface area contributed by atoms with Gasteiger partial charge in [-0.1, -0.05) is 72.3 Å². The summed E-state index contributed by atoms with van der Waals surface area (Å²) in [4.78, 5) is 13.4. The smallest absolute Gasteiger partial charge is 0.240 e. The Morgan fingerprint density at radius 2 is 1.68 bits per heavy atom. The highest BCUT2D eigenvalue weighted by molar-refractivity contribution is 7.89. The standard InChI is InChI=1S/C29H34N2O5S/c1-20-11-13-25(14-12-20)37(35,36)31-18-24(32)16-23(15-21-7-3-2-4-8-21)29(34)30-19-27-26-10-6-5-9-22(26)17-28(27)33/h2-14,23-24,27-28,31-33H,15-19H2,1H3,(H,30,34). The Morgan fingerprint density at radius 3 is 2.41 bits per heavy atom. The molecule has 196 valence electrons. The maximum Gasteiger partial charge on any atom is 0.240 e. The molecule has 1 aliphatic carbocycles. The van der Waals surface area contributed by atoms with Crippen LogP contribution < -0.4 is 10.0 Å². The van der Waals surface area contributed by atoms with Crippen LogP contribution in [0.2, 0.25) is 0 Å². The number of nitrogens with one attached hydrogen (secondary N) is 2. The fourth-order valence-corrected chi connectivity index (χ4v) is 5.93. The first kappa shape index (κ1) is 27.0. The average Bonchev–Trinajstić information content (AvgIpc) is 3.21. The van der Waals surface area contributed by atoms with E-state index < -0.39 is 28.1 Å². The van der Waals surface area contributed by atoms with Crippen LogP contribution in [0.15, 0.2) is 83.8 Å². The van der Waals surface area contributed by atoms with E-state index in [1.54, 1.807) is 12.1 Å². The number of amides is 1. The van der Waals surface area contributed by atoms with Crippen molar-refractivity contribution in [2.24, 2.45) is 5.92 Å². The molecule has 4 unspecified atom stereocenters. The van der Waals surface area contributed by atoms with Gasteiger partial charge in [-0.2, -0.15) is 0 Å². The SMILES string of the molecule is Cc1ccc(S(=O)(=O)NCC(O)CC(Cc2ccccc2)C(=O)NCC2c3ccccc3CC2O)cc1. The molecule has 0 aromatic heterocycles. The van der Waals surface area contributed by atoms with Crippen LogP contribution in [0.1, 0.15) is 34.6 Å². The van der Waals surface area contributed by atoms with Crippen molar-refractivity contribution in [2.75, 3.05) is 13.1 Å². The van der Waals surface area contributed by atoms with Gasteiger partial charge in [-0.25, -0.2) is 13.1 Å². The zero-order valence-corrected chi connectivity index (χ0v) is 21.7. The molecule has 0 radical (unpaired) electrons. The van der Waals surface area contributed by atoms with Crippen LogP contribution >= 0.6 is 0 Å². The van der Waals surface area contributed by atoms with Crippen molar-refractivity contribution in [3.8, 4) is 0 Å². The van der Waals surface area contributed by atoms with Gasteiger partial charge in [0.15, 0.2) is 0 Å². The van der Waals surface area contributed by atoms with Crippen molar-refractivity contribution >= 4 is 15.9 Å². The maximum atomic E-state index is 13.3. The Labute approximate surface area is 218 Å². The van der Waals surface area contributed by atoms with Gasteiger partial charge in [0.2, 0.25) is 15.9 Å². The second-order valence-corrected chi connectivity index (χ2v) is 11.5. The van der Waals surface area contributed by atoms with Crippen LogP contribution in [0.3, 0.4) is 0 Å². The van der Waals surface area contributed by atoms with E-state index in [1.165, 1.54) is 12.1 Å². The zero-order chi connectivity index (χ0) is 26.4. The lowest BCUT2D eigenvalue weighted by Crippen LogP contribution is -2.40. The van der Waals surface area contributed by atoms with Gasteiger partial charge in [0.25, 0.3) is 0 Å². The zero-order valence-electron chi connectivity index (χ0n) is 20.9. The van der Waals surface area contributed by atoms with Gasteiger partial charge in [-0.15, -0.1) is 0 Å². The third-order valence-electron chi connectivity index (χ3n) is 6.94. The van der Waals surface area contributed by atoms with E-state index in [0.717, 1.165) is 22.3 Å². The number of benzene rings is 3. The monoisotopic (exact) mass is 522 g/mol. The van der Waals surface area contributed by atoms with Gasteiger partial charge in [0.05, 0.1) is 17.1 Å². The minimum atomic E-state index is -3.78. The highest BCUT2D eigenvalue weighted by Crippen LogP contribution is 2.32. The number of carbonyl (C=O) groups excluding carboxylic acids is 1. The van der Waals surface area contributed by atoms with Crippen molar-refractivity contribution in [3.05, 3.63) is 101 Å². The molecule has 0 bridgehead atoms. The molecule has 37 heavy (non-hydrogen) atoms. The Morgan fingerprint density at radius 1 is 1.00 bits per heavy atom. The third-order valence-corrected chi connectivity index (χ3v) is 8.38. The van der Waals surface area contributed by atoms with E-state index in [9.17, 15) is 23.4 Å². The molecule has 3 aromatic rings. The van der Waals surface area contributed by atoms with Crippen LogP contribution in [0.25, 0.3) is 0 Å². The summed E-state index contributed by atoms with van der Waals surface area (Å²) in [5.41, 5.74) is 4.02. The van der Waals surface area contributed by atoms with Crippen molar-refractivity contribution < 1.29 is 23.4 Å². The Bertz CT molecular complexity index is 1300. The Hall–Kier alpha value is -3.04. The average molecular weight is 523 g/mol. The van der Waals surface area contributed by atoms with Crippen LogP contribution in [0.5, 0.6) is 0 Å². The largest absolute Gasteiger partial charge is 0.392 e. The van der Waals surface area contributed by atoms with Gasteiger partial charge in [0.1, 0.15) is 0 Å². The first-order valence-corrected chi connectivity index (χ1v) is 14.0. The van der Waals surface area contributed by atoms with E-state index in [2.05, 4.69) is 10.0 Å². The number of sulfonamides is 1. The number of aryl methyl sites for hydroxylation is 1. The molecule has 8 heteroatoms. The fraction of sp³-hybridized carbons (Fsp3) is 0.345. The number of hydrogen-bond donors (Lipinski definition) is 4. The van der Waals surface area contributed by atoms with Gasteiger partial charge in [-0.05, 0) is 55.0 Å². The Balaban J connectivity index is 1.40. The van der Waals surface area contributed by atoms with E-state index in [0.29, 0.717) is 19.4 Å². The predicted molar refractivity (Wildman–Crippen MR) is 143 cm³/mol. The van der Waals surface area contributed by atoms with Crippen molar-refractivity contribution in [1.82, 2.24) is 10.0 Å². The molecule has 3 aromatic carbocycles. The van der Waals surface area contributed by atoms with Crippen LogP contribution in [-0.4, -0.2) is 49.8 Å². The first-order valence-electron chi connectivity index (χ1n) is 12.5. The molecule has 0 aliphatic heterocycles. The molecule has 4 atom stereocenters. The molecule has 1 aliphatic rings. The molecule has 4 N–H and O–H groups in total. The second kappa shape index (κ2) is 12.0. The van der Waals surface area contributed by atoms with Crippen LogP contribution in [0, 0.1) is 12.8 Å². The van der Waals surface area contributed by atoms with E-state index in [-0.39, 0.29) is 29.7 Å². The molecule has 0 spiro atoms. The summed E-state index contributed by atoms with van der Waals surface area (Å²) in [5, 5.41) is 24.2. The third kappa shape index (κ3) is 7.05. The number of hydrogen-bond acceptors (Lipinski definition) is 5. The van der Waals surface area contributed by atoms with Crippen molar-refractivity contribution in [2.45, 2.75) is 49.2 Å². The molecular weight excluding hydrogens is 488 g/mol. The van der Waals surface area contributed by atoms with Crippen LogP contribution in [0.4, 0.5) is 0 Å². The first-order chi connectivity index (χ1) is 17.7. The summed E-state index contributed by atoms with van der Waals surface area (Å²) >= 11 is 0. The molecule has 0 saturated carbocycles. The normalized spacial score (nSPS) is 18.7. The highest BCUT2D eigenvalue weighted by Gasteiger charge is 2.32. The lowest BCUT2D eigenvalue weighted by atomic mass is 9.92. The predicted octanol–water partition coefficient (Wildman–Crippen LogP) is 2.70. The number of aliphatic hydroxyl groups excluding tert-OH is 2.